The minimum atomic E-state index is -4.72. The van der Waals surface area contributed by atoms with E-state index < -0.39 is 6.36 Å². The maximum absolute atomic E-state index is 12.1. The summed E-state index contributed by atoms with van der Waals surface area (Å²) in [5, 5.41) is 2.85. The number of nitrogens with two attached hydrogens (primary N) is 1. The highest BCUT2D eigenvalue weighted by molar-refractivity contribution is 5.59. The molecule has 2 aromatic rings. The molecule has 0 unspecified atom stereocenters. The van der Waals surface area contributed by atoms with Crippen LogP contribution in [0.1, 0.15) is 0 Å². The van der Waals surface area contributed by atoms with E-state index in [1.165, 1.54) is 18.2 Å². The summed E-state index contributed by atoms with van der Waals surface area (Å²) in [4.78, 5) is 4.08. The second kappa shape index (κ2) is 5.66. The van der Waals surface area contributed by atoms with E-state index in [1.807, 2.05) is 0 Å². The van der Waals surface area contributed by atoms with Gasteiger partial charge in [0, 0.05) is 11.8 Å². The van der Waals surface area contributed by atoms with E-state index in [9.17, 15) is 13.2 Å². The number of aromatic nitrogens is 1. The first-order valence-electron chi connectivity index (χ1n) is 5.53. The quantitative estimate of drug-likeness (QED) is 0.594. The summed E-state index contributed by atoms with van der Waals surface area (Å²) < 4.78 is 40.2. The van der Waals surface area contributed by atoms with Crippen LogP contribution in [0.15, 0.2) is 42.5 Å². The van der Waals surface area contributed by atoms with E-state index in [4.69, 9.17) is 5.84 Å². The number of halogens is 3. The molecular formula is C12H11F3N4O. The van der Waals surface area contributed by atoms with Crippen LogP contribution in [0.25, 0.3) is 0 Å². The molecule has 0 spiro atoms. The first kappa shape index (κ1) is 13.9. The van der Waals surface area contributed by atoms with Crippen molar-refractivity contribution in [2.75, 3.05) is 10.7 Å². The van der Waals surface area contributed by atoms with Crippen LogP contribution in [0.3, 0.4) is 0 Å². The van der Waals surface area contributed by atoms with Crippen LogP contribution in [0.5, 0.6) is 5.75 Å². The Balaban J connectivity index is 2.15. The predicted octanol–water partition coefficient (Wildman–Crippen LogP) is 3.01. The zero-order valence-corrected chi connectivity index (χ0v) is 10.1. The van der Waals surface area contributed by atoms with Gasteiger partial charge in [-0.05, 0) is 24.3 Å². The highest BCUT2D eigenvalue weighted by Gasteiger charge is 2.31. The highest BCUT2D eigenvalue weighted by atomic mass is 19.4. The first-order valence-corrected chi connectivity index (χ1v) is 5.53. The molecule has 1 aromatic carbocycles. The number of ether oxygens (including phenoxy) is 1. The third-order valence-corrected chi connectivity index (χ3v) is 2.24. The summed E-state index contributed by atoms with van der Waals surface area (Å²) in [5.41, 5.74) is 2.78. The second-order valence-electron chi connectivity index (χ2n) is 3.75. The maximum Gasteiger partial charge on any atom is 0.573 e. The molecule has 0 atom stereocenters. The van der Waals surface area contributed by atoms with Gasteiger partial charge in [0.2, 0.25) is 0 Å². The molecule has 0 aliphatic heterocycles. The van der Waals surface area contributed by atoms with Gasteiger partial charge in [-0.15, -0.1) is 13.2 Å². The van der Waals surface area contributed by atoms with E-state index in [0.717, 1.165) is 0 Å². The van der Waals surface area contributed by atoms with Gasteiger partial charge in [-0.1, -0.05) is 12.1 Å². The number of nitrogen functional groups attached to an aromatic ring is 1. The number of pyridine rings is 1. The number of hydrogen-bond donors (Lipinski definition) is 3. The van der Waals surface area contributed by atoms with E-state index >= 15 is 0 Å². The number of hydrogen-bond acceptors (Lipinski definition) is 5. The van der Waals surface area contributed by atoms with Gasteiger partial charge >= 0.3 is 6.36 Å². The number of alkyl halides is 3. The van der Waals surface area contributed by atoms with Crippen LogP contribution in [-0.2, 0) is 0 Å². The number of nitrogens with zero attached hydrogens (tertiary/aromatic N) is 1. The van der Waals surface area contributed by atoms with Gasteiger partial charge in [0.25, 0.3) is 0 Å². The number of hydrazine groups is 1. The van der Waals surface area contributed by atoms with Crippen LogP contribution in [0.4, 0.5) is 30.5 Å². The lowest BCUT2D eigenvalue weighted by atomic mass is 10.3. The molecule has 1 heterocycles. The van der Waals surface area contributed by atoms with Crippen molar-refractivity contribution in [1.82, 2.24) is 4.98 Å². The summed E-state index contributed by atoms with van der Waals surface area (Å²) >= 11 is 0. The fourth-order valence-electron chi connectivity index (χ4n) is 1.50. The predicted molar refractivity (Wildman–Crippen MR) is 68.5 cm³/mol. The van der Waals surface area contributed by atoms with Crippen LogP contribution >= 0.6 is 0 Å². The minimum Gasteiger partial charge on any atom is -0.406 e. The van der Waals surface area contributed by atoms with Gasteiger partial charge in [-0.25, -0.2) is 10.8 Å². The van der Waals surface area contributed by atoms with Crippen molar-refractivity contribution in [3.8, 4) is 5.75 Å². The average molecular weight is 284 g/mol. The smallest absolute Gasteiger partial charge is 0.406 e. The zero-order chi connectivity index (χ0) is 14.6. The molecule has 0 amide bonds. The van der Waals surface area contributed by atoms with Gasteiger partial charge in [0.15, 0.2) is 0 Å². The Bertz CT molecular complexity index is 589. The summed E-state index contributed by atoms with van der Waals surface area (Å²) in [6, 6.07) is 10.5. The van der Waals surface area contributed by atoms with Gasteiger partial charge in [0.05, 0.1) is 0 Å². The Morgan fingerprint density at radius 1 is 1.05 bits per heavy atom. The highest BCUT2D eigenvalue weighted by Crippen LogP contribution is 2.26. The van der Waals surface area contributed by atoms with Crippen molar-refractivity contribution in [3.05, 3.63) is 42.5 Å². The van der Waals surface area contributed by atoms with Crippen molar-refractivity contribution in [2.24, 2.45) is 5.84 Å². The van der Waals surface area contributed by atoms with E-state index in [2.05, 4.69) is 20.5 Å². The van der Waals surface area contributed by atoms with Crippen molar-refractivity contribution in [3.63, 3.8) is 0 Å². The molecule has 8 heteroatoms. The SMILES string of the molecule is NNc1cccc(Nc2cccc(OC(F)(F)F)c2)n1. The molecule has 0 radical (unpaired) electrons. The second-order valence-corrected chi connectivity index (χ2v) is 3.75. The van der Waals surface area contributed by atoms with Gasteiger partial charge < -0.3 is 15.5 Å². The van der Waals surface area contributed by atoms with E-state index in [-0.39, 0.29) is 5.75 Å². The maximum atomic E-state index is 12.1. The molecule has 0 aliphatic carbocycles. The normalized spacial score (nSPS) is 11.0. The Morgan fingerprint density at radius 2 is 1.75 bits per heavy atom. The minimum absolute atomic E-state index is 0.310. The standard InChI is InChI=1S/C12H11F3N4O/c13-12(14,15)20-9-4-1-3-8(7-9)17-10-5-2-6-11(18-10)19-16/h1-7H,16H2,(H2,17,18,19). The average Bonchev–Trinajstić information content (AvgIpc) is 2.37. The van der Waals surface area contributed by atoms with Crippen LogP contribution in [0, 0.1) is 0 Å². The Kier molecular flexibility index (Phi) is 3.94. The van der Waals surface area contributed by atoms with Crippen LogP contribution in [0.2, 0.25) is 0 Å². The molecular weight excluding hydrogens is 273 g/mol. The Hall–Kier alpha value is -2.48. The summed E-state index contributed by atoms with van der Waals surface area (Å²) in [6.45, 7) is 0. The topological polar surface area (TPSA) is 72.2 Å². The molecule has 20 heavy (non-hydrogen) atoms. The largest absolute Gasteiger partial charge is 0.573 e. The monoisotopic (exact) mass is 284 g/mol. The molecule has 0 saturated heterocycles. The van der Waals surface area contributed by atoms with E-state index in [1.54, 1.807) is 24.3 Å². The third-order valence-electron chi connectivity index (χ3n) is 2.24. The molecule has 5 nitrogen and oxygen atoms in total. The molecule has 0 aliphatic rings. The number of benzene rings is 1. The van der Waals surface area contributed by atoms with Gasteiger partial charge in [-0.2, -0.15) is 0 Å². The van der Waals surface area contributed by atoms with E-state index in [0.29, 0.717) is 17.3 Å². The summed E-state index contributed by atoms with van der Waals surface area (Å²) in [5.74, 6) is 5.77. The lowest BCUT2D eigenvalue weighted by Crippen LogP contribution is -2.17. The molecule has 2 rings (SSSR count). The number of nitrogens with one attached hydrogen (secondary N) is 2. The van der Waals surface area contributed by atoms with Crippen molar-refractivity contribution < 1.29 is 17.9 Å². The molecule has 1 aromatic heterocycles. The molecule has 0 fully saturated rings. The summed E-state index contributed by atoms with van der Waals surface area (Å²) in [6.07, 6.45) is -4.72. The molecule has 4 N–H and O–H groups in total. The van der Waals surface area contributed by atoms with Crippen molar-refractivity contribution in [1.29, 1.82) is 0 Å². The fourth-order valence-corrected chi connectivity index (χ4v) is 1.50. The lowest BCUT2D eigenvalue weighted by molar-refractivity contribution is -0.274. The van der Waals surface area contributed by atoms with Gasteiger partial charge in [0.1, 0.15) is 17.4 Å². The molecule has 0 saturated carbocycles. The molecule has 0 bridgehead atoms. The summed E-state index contributed by atoms with van der Waals surface area (Å²) in [7, 11) is 0. The number of rotatable bonds is 4. The Morgan fingerprint density at radius 3 is 2.45 bits per heavy atom. The Labute approximate surface area is 112 Å². The van der Waals surface area contributed by atoms with Gasteiger partial charge in [-0.3, -0.25) is 0 Å². The lowest BCUT2D eigenvalue weighted by Gasteiger charge is -2.11. The van der Waals surface area contributed by atoms with Crippen LogP contribution in [-0.4, -0.2) is 11.3 Å². The van der Waals surface area contributed by atoms with Crippen LogP contribution < -0.4 is 21.3 Å². The third kappa shape index (κ3) is 4.02. The van der Waals surface area contributed by atoms with Crippen molar-refractivity contribution in [2.45, 2.75) is 6.36 Å². The molecule has 106 valence electrons. The fraction of sp³-hybridized carbons (Fsp3) is 0.0833. The number of anilines is 3. The first-order chi connectivity index (χ1) is 9.46. The zero-order valence-electron chi connectivity index (χ0n) is 10.1. The van der Waals surface area contributed by atoms with Crippen molar-refractivity contribution >= 4 is 17.3 Å².